The first-order chi connectivity index (χ1) is 9.22. The summed E-state index contributed by atoms with van der Waals surface area (Å²) in [5.74, 6) is -6.76. The fourth-order valence-electron chi connectivity index (χ4n) is 1.59. The zero-order valence-electron chi connectivity index (χ0n) is 9.90. The molecule has 9 heteroatoms. The van der Waals surface area contributed by atoms with E-state index in [4.69, 9.17) is 0 Å². The highest BCUT2D eigenvalue weighted by atomic mass is 19.4. The van der Waals surface area contributed by atoms with E-state index >= 15 is 0 Å². The molecule has 4 nitrogen and oxygen atoms in total. The summed E-state index contributed by atoms with van der Waals surface area (Å²) in [5, 5.41) is 10.2. The molecular formula is C11H10F5N3O. The van der Waals surface area contributed by atoms with Crippen LogP contribution in [0, 0.1) is 0 Å². The van der Waals surface area contributed by atoms with Gasteiger partial charge >= 0.3 is 12.1 Å². The lowest BCUT2D eigenvalue weighted by atomic mass is 10.2. The molecule has 2 N–H and O–H groups in total. The number of hydrogen-bond acceptors (Lipinski definition) is 4. The summed E-state index contributed by atoms with van der Waals surface area (Å²) in [5.41, 5.74) is 2.42. The highest BCUT2D eigenvalue weighted by Crippen LogP contribution is 2.37. The monoisotopic (exact) mass is 295 g/mol. The summed E-state index contributed by atoms with van der Waals surface area (Å²) in [4.78, 5) is 2.92. The van der Waals surface area contributed by atoms with Crippen molar-refractivity contribution in [1.29, 1.82) is 0 Å². The third kappa shape index (κ3) is 2.73. The topological polar surface area (TPSA) is 47.9 Å². The number of hydrazine groups is 1. The van der Waals surface area contributed by atoms with Gasteiger partial charge in [-0.3, -0.25) is 5.43 Å². The minimum Gasteiger partial charge on any atom is -0.358 e. The molecule has 1 unspecified atom stereocenters. The number of aliphatic imine (C=N–C) groups is 1. The molecule has 0 fully saturated rings. The van der Waals surface area contributed by atoms with Gasteiger partial charge < -0.3 is 5.11 Å². The third-order valence-corrected chi connectivity index (χ3v) is 2.62. The molecule has 0 aliphatic carbocycles. The molecule has 110 valence electrons. The van der Waals surface area contributed by atoms with Crippen molar-refractivity contribution in [1.82, 2.24) is 10.4 Å². The third-order valence-electron chi connectivity index (χ3n) is 2.62. The summed E-state index contributed by atoms with van der Waals surface area (Å²) in [7, 11) is 0. The molecule has 1 aromatic rings. The van der Waals surface area contributed by atoms with Gasteiger partial charge in [0.05, 0.1) is 0 Å². The predicted octanol–water partition coefficient (Wildman–Crippen LogP) is 1.88. The average Bonchev–Trinajstić information content (AvgIpc) is 2.71. The second-order valence-electron chi connectivity index (χ2n) is 4.12. The summed E-state index contributed by atoms with van der Waals surface area (Å²) >= 11 is 0. The van der Waals surface area contributed by atoms with Gasteiger partial charge in [0.1, 0.15) is 0 Å². The van der Waals surface area contributed by atoms with Crippen LogP contribution in [0.1, 0.15) is 5.56 Å². The lowest BCUT2D eigenvalue weighted by Crippen LogP contribution is -2.52. The van der Waals surface area contributed by atoms with E-state index in [1.165, 1.54) is 0 Å². The van der Waals surface area contributed by atoms with Crippen LogP contribution >= 0.6 is 0 Å². The van der Waals surface area contributed by atoms with Gasteiger partial charge in [0.25, 0.3) is 0 Å². The van der Waals surface area contributed by atoms with E-state index in [1.807, 2.05) is 0 Å². The first-order valence-corrected chi connectivity index (χ1v) is 5.50. The largest absolute Gasteiger partial charge is 0.461 e. The smallest absolute Gasteiger partial charge is 0.358 e. The standard InChI is InChI=1S/C11H10F5N3O/c12-10(13,11(14,15)16)8-17-9(20)19(18-8)6-7-4-2-1-3-5-7/h1-5,9,20H,6H2,(H,17,18). The van der Waals surface area contributed by atoms with Crippen LogP contribution in [-0.4, -0.2) is 34.4 Å². The van der Waals surface area contributed by atoms with E-state index in [9.17, 15) is 27.1 Å². The SMILES string of the molecule is OC1N=C(C(F)(F)C(F)(F)F)NN1Cc1ccccc1. The highest BCUT2D eigenvalue weighted by Gasteiger charge is 2.63. The van der Waals surface area contributed by atoms with Crippen LogP contribution in [0.15, 0.2) is 35.3 Å². The highest BCUT2D eigenvalue weighted by molar-refractivity contribution is 5.90. The number of amidine groups is 1. The van der Waals surface area contributed by atoms with Crippen LogP contribution in [0.3, 0.4) is 0 Å². The fraction of sp³-hybridized carbons (Fsp3) is 0.364. The summed E-state index contributed by atoms with van der Waals surface area (Å²) in [6.07, 6.45) is -7.58. The molecule has 0 saturated heterocycles. The van der Waals surface area contributed by atoms with Crippen molar-refractivity contribution in [3.05, 3.63) is 35.9 Å². The Morgan fingerprint density at radius 2 is 1.75 bits per heavy atom. The van der Waals surface area contributed by atoms with Crippen LogP contribution in [0.5, 0.6) is 0 Å². The normalized spacial score (nSPS) is 20.7. The van der Waals surface area contributed by atoms with E-state index in [0.717, 1.165) is 5.01 Å². The first kappa shape index (κ1) is 14.7. The molecule has 1 aromatic carbocycles. The fourth-order valence-corrected chi connectivity index (χ4v) is 1.59. The summed E-state index contributed by atoms with van der Waals surface area (Å²) in [6, 6.07) is 8.33. The van der Waals surface area contributed by atoms with E-state index in [2.05, 4.69) is 4.99 Å². The maximum atomic E-state index is 13.1. The molecule has 0 saturated carbocycles. The zero-order valence-corrected chi connectivity index (χ0v) is 9.90. The van der Waals surface area contributed by atoms with Crippen molar-refractivity contribution in [3.63, 3.8) is 0 Å². The average molecular weight is 295 g/mol. The maximum Gasteiger partial charge on any atom is 0.461 e. The van der Waals surface area contributed by atoms with E-state index < -0.39 is 24.3 Å². The maximum absolute atomic E-state index is 13.1. The first-order valence-electron chi connectivity index (χ1n) is 5.50. The zero-order chi connectivity index (χ0) is 15.0. The van der Waals surface area contributed by atoms with Gasteiger partial charge in [0, 0.05) is 6.54 Å². The number of nitrogens with one attached hydrogen (secondary N) is 1. The molecule has 0 spiro atoms. The summed E-state index contributed by atoms with van der Waals surface area (Å²) < 4.78 is 62.7. The molecule has 1 aliphatic rings. The Bertz CT molecular complexity index is 503. The quantitative estimate of drug-likeness (QED) is 0.837. The Balaban J connectivity index is 2.10. The number of aliphatic hydroxyl groups excluding tert-OH is 1. The number of aliphatic hydroxyl groups is 1. The van der Waals surface area contributed by atoms with Crippen molar-refractivity contribution < 1.29 is 27.1 Å². The van der Waals surface area contributed by atoms with Gasteiger partial charge in [-0.2, -0.15) is 27.0 Å². The predicted molar refractivity (Wildman–Crippen MR) is 59.6 cm³/mol. The van der Waals surface area contributed by atoms with Crippen molar-refractivity contribution in [2.75, 3.05) is 0 Å². The number of halogens is 5. The van der Waals surface area contributed by atoms with Gasteiger partial charge in [-0.05, 0) is 5.56 Å². The van der Waals surface area contributed by atoms with Crippen LogP contribution in [-0.2, 0) is 6.54 Å². The molecule has 0 amide bonds. The van der Waals surface area contributed by atoms with E-state index in [0.29, 0.717) is 5.56 Å². The molecule has 0 radical (unpaired) electrons. The van der Waals surface area contributed by atoms with Crippen molar-refractivity contribution in [3.8, 4) is 0 Å². The van der Waals surface area contributed by atoms with E-state index in [1.54, 1.807) is 35.8 Å². The van der Waals surface area contributed by atoms with Gasteiger partial charge in [-0.1, -0.05) is 30.3 Å². The Morgan fingerprint density at radius 3 is 2.30 bits per heavy atom. The lowest BCUT2D eigenvalue weighted by Gasteiger charge is -2.23. The second-order valence-corrected chi connectivity index (χ2v) is 4.12. The lowest BCUT2D eigenvalue weighted by molar-refractivity contribution is -0.250. The second kappa shape index (κ2) is 4.98. The molecule has 20 heavy (non-hydrogen) atoms. The number of rotatable bonds is 3. The molecule has 0 bridgehead atoms. The van der Waals surface area contributed by atoms with Gasteiger partial charge in [0.15, 0.2) is 5.84 Å². The van der Waals surface area contributed by atoms with Gasteiger partial charge in [-0.25, -0.2) is 4.99 Å². The molecule has 2 rings (SSSR count). The van der Waals surface area contributed by atoms with Crippen LogP contribution in [0.4, 0.5) is 22.0 Å². The Morgan fingerprint density at radius 1 is 1.15 bits per heavy atom. The number of nitrogens with zero attached hydrogens (tertiary/aromatic N) is 2. The number of hydrogen-bond donors (Lipinski definition) is 2. The molecular weight excluding hydrogens is 285 g/mol. The Hall–Kier alpha value is -1.74. The van der Waals surface area contributed by atoms with Crippen molar-refractivity contribution in [2.24, 2.45) is 4.99 Å². The molecule has 1 atom stereocenters. The van der Waals surface area contributed by atoms with Gasteiger partial charge in [0.2, 0.25) is 6.35 Å². The minimum atomic E-state index is -5.78. The van der Waals surface area contributed by atoms with Crippen molar-refractivity contribution in [2.45, 2.75) is 25.0 Å². The Labute approximate surface area is 110 Å². The van der Waals surface area contributed by atoms with Crippen LogP contribution < -0.4 is 5.43 Å². The summed E-state index contributed by atoms with van der Waals surface area (Å²) in [6.45, 7) is -0.0804. The van der Waals surface area contributed by atoms with Crippen molar-refractivity contribution >= 4 is 5.84 Å². The van der Waals surface area contributed by atoms with Gasteiger partial charge in [-0.15, -0.1) is 0 Å². The minimum absolute atomic E-state index is 0.0804. The Kier molecular flexibility index (Phi) is 3.65. The molecule has 0 aromatic heterocycles. The molecule has 1 aliphatic heterocycles. The number of alkyl halides is 5. The van der Waals surface area contributed by atoms with Crippen LogP contribution in [0.2, 0.25) is 0 Å². The number of benzene rings is 1. The molecule has 1 heterocycles. The van der Waals surface area contributed by atoms with E-state index in [-0.39, 0.29) is 6.54 Å². The van der Waals surface area contributed by atoms with Crippen LogP contribution in [0.25, 0.3) is 0 Å².